The Labute approximate surface area is 108 Å². The summed E-state index contributed by atoms with van der Waals surface area (Å²) < 4.78 is 0. The maximum atomic E-state index is 12.6. The van der Waals surface area contributed by atoms with Crippen LogP contribution in [0.15, 0.2) is 18.5 Å². The van der Waals surface area contributed by atoms with Crippen LogP contribution in [0.3, 0.4) is 0 Å². The molecule has 2 atom stereocenters. The van der Waals surface area contributed by atoms with Crippen LogP contribution < -0.4 is 5.32 Å². The molecule has 0 spiro atoms. The predicted octanol–water partition coefficient (Wildman–Crippen LogP) is 2.38. The number of anilines is 1. The molecule has 1 aliphatic rings. The smallest absolute Gasteiger partial charge is 0.257 e. The number of hydrogen-bond donors (Lipinski definition) is 1. The molecule has 0 aliphatic carbocycles. The Morgan fingerprint density at radius 2 is 2.28 bits per heavy atom. The Morgan fingerprint density at radius 1 is 1.50 bits per heavy atom. The van der Waals surface area contributed by atoms with Crippen LogP contribution in [0.25, 0.3) is 0 Å². The van der Waals surface area contributed by atoms with E-state index in [0.717, 1.165) is 18.7 Å². The summed E-state index contributed by atoms with van der Waals surface area (Å²) in [6.45, 7) is 5.20. The molecule has 1 saturated heterocycles. The highest BCUT2D eigenvalue weighted by molar-refractivity contribution is 5.99. The average molecular weight is 247 g/mol. The van der Waals surface area contributed by atoms with Crippen molar-refractivity contribution in [2.75, 3.05) is 18.9 Å². The zero-order valence-electron chi connectivity index (χ0n) is 11.3. The number of rotatable bonds is 2. The van der Waals surface area contributed by atoms with Gasteiger partial charge in [0.15, 0.2) is 0 Å². The van der Waals surface area contributed by atoms with Crippen molar-refractivity contribution in [1.29, 1.82) is 0 Å². The Hall–Kier alpha value is -1.58. The number of aromatic nitrogens is 1. The van der Waals surface area contributed by atoms with Crippen molar-refractivity contribution in [3.05, 3.63) is 24.0 Å². The highest BCUT2D eigenvalue weighted by Gasteiger charge is 2.29. The molecule has 0 aromatic carbocycles. The lowest BCUT2D eigenvalue weighted by molar-refractivity contribution is 0.0551. The van der Waals surface area contributed by atoms with Gasteiger partial charge in [0.1, 0.15) is 0 Å². The van der Waals surface area contributed by atoms with Gasteiger partial charge in [-0.1, -0.05) is 6.92 Å². The van der Waals surface area contributed by atoms with Gasteiger partial charge in [-0.2, -0.15) is 0 Å². The highest BCUT2D eigenvalue weighted by atomic mass is 16.2. The van der Waals surface area contributed by atoms with Crippen LogP contribution in [0.4, 0.5) is 5.69 Å². The van der Waals surface area contributed by atoms with Crippen LogP contribution in [0, 0.1) is 5.92 Å². The van der Waals surface area contributed by atoms with E-state index in [2.05, 4.69) is 24.1 Å². The van der Waals surface area contributed by atoms with Crippen LogP contribution in [0.1, 0.15) is 37.0 Å². The lowest BCUT2D eigenvalue weighted by Crippen LogP contribution is -2.46. The molecule has 4 nitrogen and oxygen atoms in total. The second-order valence-electron chi connectivity index (χ2n) is 5.03. The summed E-state index contributed by atoms with van der Waals surface area (Å²) in [6, 6.07) is 2.14. The number of amides is 1. The number of pyridine rings is 1. The monoisotopic (exact) mass is 247 g/mol. The van der Waals surface area contributed by atoms with E-state index in [-0.39, 0.29) is 5.91 Å². The van der Waals surface area contributed by atoms with E-state index >= 15 is 0 Å². The largest absolute Gasteiger partial charge is 0.387 e. The fraction of sp³-hybridized carbons (Fsp3) is 0.571. The molecule has 18 heavy (non-hydrogen) atoms. The van der Waals surface area contributed by atoms with Gasteiger partial charge in [0, 0.05) is 37.7 Å². The fourth-order valence-electron chi connectivity index (χ4n) is 2.56. The first-order chi connectivity index (χ1) is 8.65. The van der Waals surface area contributed by atoms with E-state index in [1.165, 1.54) is 6.42 Å². The van der Waals surface area contributed by atoms with Gasteiger partial charge in [0.05, 0.1) is 5.56 Å². The van der Waals surface area contributed by atoms with E-state index in [1.54, 1.807) is 12.4 Å². The second kappa shape index (κ2) is 5.38. The van der Waals surface area contributed by atoms with Crippen LogP contribution in [0.2, 0.25) is 0 Å². The quantitative estimate of drug-likeness (QED) is 0.872. The summed E-state index contributed by atoms with van der Waals surface area (Å²) in [6.07, 6.45) is 5.65. The lowest BCUT2D eigenvalue weighted by Gasteiger charge is -2.38. The highest BCUT2D eigenvalue weighted by Crippen LogP contribution is 2.26. The molecule has 1 aliphatic heterocycles. The van der Waals surface area contributed by atoms with Gasteiger partial charge in [0.25, 0.3) is 5.91 Å². The summed E-state index contributed by atoms with van der Waals surface area (Å²) in [5, 5.41) is 3.05. The van der Waals surface area contributed by atoms with E-state index < -0.39 is 0 Å². The van der Waals surface area contributed by atoms with E-state index in [4.69, 9.17) is 0 Å². The summed E-state index contributed by atoms with van der Waals surface area (Å²) >= 11 is 0. The predicted molar refractivity (Wildman–Crippen MR) is 72.7 cm³/mol. The number of carbonyl (C=O) groups excluding carboxylic acids is 1. The van der Waals surface area contributed by atoms with Gasteiger partial charge in [-0.15, -0.1) is 0 Å². The van der Waals surface area contributed by atoms with Crippen molar-refractivity contribution < 1.29 is 4.79 Å². The van der Waals surface area contributed by atoms with Crippen LogP contribution >= 0.6 is 0 Å². The molecular weight excluding hydrogens is 226 g/mol. The number of nitrogens with zero attached hydrogens (tertiary/aromatic N) is 2. The Kier molecular flexibility index (Phi) is 3.84. The van der Waals surface area contributed by atoms with Gasteiger partial charge < -0.3 is 10.2 Å². The Bertz CT molecular complexity index is 433. The average Bonchev–Trinajstić information content (AvgIpc) is 2.41. The third kappa shape index (κ3) is 2.33. The van der Waals surface area contributed by atoms with Gasteiger partial charge in [-0.3, -0.25) is 9.78 Å². The fourth-order valence-corrected chi connectivity index (χ4v) is 2.56. The van der Waals surface area contributed by atoms with Gasteiger partial charge >= 0.3 is 0 Å². The number of carbonyl (C=O) groups is 1. The molecule has 4 heteroatoms. The van der Waals surface area contributed by atoms with Gasteiger partial charge in [0.2, 0.25) is 0 Å². The molecule has 98 valence electrons. The van der Waals surface area contributed by atoms with Gasteiger partial charge in [-0.05, 0) is 31.7 Å². The normalized spacial score (nSPS) is 23.8. The van der Waals surface area contributed by atoms with Gasteiger partial charge in [-0.25, -0.2) is 0 Å². The van der Waals surface area contributed by atoms with Crippen molar-refractivity contribution in [2.45, 2.75) is 32.7 Å². The number of piperidine rings is 1. The lowest BCUT2D eigenvalue weighted by atomic mass is 9.91. The van der Waals surface area contributed by atoms with Crippen molar-refractivity contribution >= 4 is 11.6 Å². The van der Waals surface area contributed by atoms with Crippen LogP contribution in [-0.4, -0.2) is 35.4 Å². The minimum absolute atomic E-state index is 0.0894. The maximum absolute atomic E-state index is 12.6. The van der Waals surface area contributed by atoms with Crippen molar-refractivity contribution in [3.63, 3.8) is 0 Å². The zero-order chi connectivity index (χ0) is 13.1. The van der Waals surface area contributed by atoms with Crippen molar-refractivity contribution in [3.8, 4) is 0 Å². The van der Waals surface area contributed by atoms with Crippen LogP contribution in [-0.2, 0) is 0 Å². The summed E-state index contributed by atoms with van der Waals surface area (Å²) in [5.41, 5.74) is 1.52. The second-order valence-corrected chi connectivity index (χ2v) is 5.03. The minimum Gasteiger partial charge on any atom is -0.387 e. The molecule has 1 amide bonds. The molecule has 1 N–H and O–H groups in total. The Morgan fingerprint density at radius 3 is 3.00 bits per heavy atom. The molecule has 0 bridgehead atoms. The van der Waals surface area contributed by atoms with E-state index in [9.17, 15) is 4.79 Å². The molecule has 0 saturated carbocycles. The summed E-state index contributed by atoms with van der Waals surface area (Å²) in [5.74, 6) is 0.656. The number of nitrogens with one attached hydrogen (secondary N) is 1. The van der Waals surface area contributed by atoms with Crippen LogP contribution in [0.5, 0.6) is 0 Å². The standard InChI is InChI=1S/C14H21N3O/c1-10-5-4-8-17(11(10)2)14(18)12-9-16-7-6-13(12)15-3/h6-7,9-11H,4-5,8H2,1-3H3,(H,15,16). The van der Waals surface area contributed by atoms with E-state index in [0.29, 0.717) is 17.5 Å². The molecule has 2 rings (SSSR count). The summed E-state index contributed by atoms with van der Waals surface area (Å²) in [7, 11) is 1.83. The Balaban J connectivity index is 2.25. The molecule has 2 unspecified atom stereocenters. The first-order valence-corrected chi connectivity index (χ1v) is 6.58. The van der Waals surface area contributed by atoms with Crippen molar-refractivity contribution in [1.82, 2.24) is 9.88 Å². The zero-order valence-corrected chi connectivity index (χ0v) is 11.3. The number of hydrogen-bond acceptors (Lipinski definition) is 3. The molecule has 1 aromatic rings. The molecule has 1 fully saturated rings. The topological polar surface area (TPSA) is 45.2 Å². The third-order valence-electron chi connectivity index (χ3n) is 3.96. The molecule has 0 radical (unpaired) electrons. The minimum atomic E-state index is 0.0894. The van der Waals surface area contributed by atoms with E-state index in [1.807, 2.05) is 18.0 Å². The molecular formula is C14H21N3O. The first-order valence-electron chi connectivity index (χ1n) is 6.58. The first kappa shape index (κ1) is 12.9. The maximum Gasteiger partial charge on any atom is 0.257 e. The third-order valence-corrected chi connectivity index (χ3v) is 3.96. The van der Waals surface area contributed by atoms with Crippen molar-refractivity contribution in [2.24, 2.45) is 5.92 Å². The SMILES string of the molecule is CNc1ccncc1C(=O)N1CCCC(C)C1C. The molecule has 1 aromatic heterocycles. The summed E-state index contributed by atoms with van der Waals surface area (Å²) in [4.78, 5) is 18.6. The number of likely N-dealkylation sites (tertiary alicyclic amines) is 1. The molecule has 2 heterocycles.